The summed E-state index contributed by atoms with van der Waals surface area (Å²) in [5, 5.41) is 57.7. The molecule has 2 aliphatic heterocycles. The number of hydrogen-bond acceptors (Lipinski definition) is 16. The Balaban J connectivity index is 1.52. The molecule has 6 unspecified atom stereocenters. The molecule has 1 saturated heterocycles. The van der Waals surface area contributed by atoms with E-state index in [-0.39, 0.29) is 83.2 Å². The number of ether oxygens (including phenoxy) is 5. The van der Waals surface area contributed by atoms with Gasteiger partial charge in [-0.1, -0.05) is 0 Å². The number of aliphatic hydroxyl groups is 4. The van der Waals surface area contributed by atoms with E-state index in [9.17, 15) is 59.1 Å². The standard InChI is InChI=1S/C32H50N4O17/c1-20(38)15-21-22(39)16-32(31(47)48,53-30(21)29(46)23(40)17-37)52-12-8-35-26(43)19-51-18-25(42)34-7-11-50-14-13-49-10-6-33-24(41)3-2-9-36-27(44)4-5-28(36)45/h4-5,21-23,29-30,37,39-40,46H,2-3,6-19H2,1H3,(H,33,41)(H,34,42)(H,35,43)(H,47,48). The Kier molecular flexibility index (Phi) is 20.2. The van der Waals surface area contributed by atoms with Crippen LogP contribution in [0.3, 0.4) is 0 Å². The Morgan fingerprint density at radius 1 is 0.887 bits per heavy atom. The van der Waals surface area contributed by atoms with Crippen molar-refractivity contribution in [2.75, 3.05) is 79.0 Å². The fourth-order valence-corrected chi connectivity index (χ4v) is 5.26. The fraction of sp³-hybridized carbons (Fsp3) is 0.719. The molecule has 0 bridgehead atoms. The van der Waals surface area contributed by atoms with E-state index in [1.807, 2.05) is 0 Å². The van der Waals surface area contributed by atoms with Crippen molar-refractivity contribution in [3.8, 4) is 0 Å². The summed E-state index contributed by atoms with van der Waals surface area (Å²) in [4.78, 5) is 83.7. The first-order valence-corrected chi connectivity index (χ1v) is 17.0. The van der Waals surface area contributed by atoms with Gasteiger partial charge in [0.15, 0.2) is 0 Å². The van der Waals surface area contributed by atoms with Gasteiger partial charge in [-0.05, 0) is 13.3 Å². The van der Waals surface area contributed by atoms with Gasteiger partial charge in [0.2, 0.25) is 17.7 Å². The molecule has 0 radical (unpaired) electrons. The summed E-state index contributed by atoms with van der Waals surface area (Å²) in [5.74, 6) is -7.88. The Hall–Kier alpha value is -3.93. The Bertz CT molecular complexity index is 1260. The fourth-order valence-electron chi connectivity index (χ4n) is 5.26. The summed E-state index contributed by atoms with van der Waals surface area (Å²) in [6, 6.07) is 0. The van der Waals surface area contributed by atoms with E-state index in [1.165, 1.54) is 19.1 Å². The first-order chi connectivity index (χ1) is 25.2. The van der Waals surface area contributed by atoms with Crippen molar-refractivity contribution < 1.29 is 82.8 Å². The van der Waals surface area contributed by atoms with Crippen LogP contribution < -0.4 is 16.0 Å². The molecule has 0 aromatic rings. The van der Waals surface area contributed by atoms with Crippen molar-refractivity contribution in [2.45, 2.75) is 62.8 Å². The maximum atomic E-state index is 12.1. The van der Waals surface area contributed by atoms with Crippen molar-refractivity contribution in [2.24, 2.45) is 5.92 Å². The lowest BCUT2D eigenvalue weighted by molar-refractivity contribution is -0.318. The summed E-state index contributed by atoms with van der Waals surface area (Å²) in [5.41, 5.74) is 0. The zero-order valence-electron chi connectivity index (χ0n) is 29.4. The molecule has 53 heavy (non-hydrogen) atoms. The molecule has 21 heteroatoms. The number of carboxylic acids is 1. The van der Waals surface area contributed by atoms with Crippen LogP contribution in [-0.4, -0.2) is 181 Å². The van der Waals surface area contributed by atoms with Crippen LogP contribution >= 0.6 is 0 Å². The van der Waals surface area contributed by atoms with Crippen molar-refractivity contribution in [1.29, 1.82) is 0 Å². The Morgan fingerprint density at radius 3 is 1.96 bits per heavy atom. The molecule has 300 valence electrons. The van der Waals surface area contributed by atoms with Gasteiger partial charge in [-0.2, -0.15) is 0 Å². The molecule has 0 aromatic heterocycles. The van der Waals surface area contributed by atoms with Crippen LogP contribution in [0.5, 0.6) is 0 Å². The molecule has 0 aliphatic carbocycles. The highest BCUT2D eigenvalue weighted by molar-refractivity contribution is 6.12. The first kappa shape index (κ1) is 45.2. The average Bonchev–Trinajstić information content (AvgIpc) is 3.43. The third-order valence-electron chi connectivity index (χ3n) is 7.91. The van der Waals surface area contributed by atoms with Gasteiger partial charge in [-0.3, -0.25) is 28.9 Å². The highest BCUT2D eigenvalue weighted by Gasteiger charge is 2.55. The normalized spacial score (nSPS) is 22.4. The number of nitrogens with one attached hydrogen (secondary N) is 3. The van der Waals surface area contributed by atoms with Crippen molar-refractivity contribution >= 4 is 41.3 Å². The molecular formula is C32H50N4O17. The number of amides is 5. The highest BCUT2D eigenvalue weighted by Crippen LogP contribution is 2.38. The number of rotatable bonds is 27. The zero-order valence-corrected chi connectivity index (χ0v) is 29.4. The van der Waals surface area contributed by atoms with E-state index in [1.54, 1.807) is 0 Å². The van der Waals surface area contributed by atoms with E-state index < -0.39 is 92.5 Å². The van der Waals surface area contributed by atoms with E-state index in [2.05, 4.69) is 16.0 Å². The summed E-state index contributed by atoms with van der Waals surface area (Å²) in [6.45, 7) is 0.143. The van der Waals surface area contributed by atoms with Gasteiger partial charge < -0.3 is 70.0 Å². The highest BCUT2D eigenvalue weighted by atomic mass is 16.7. The second-order valence-corrected chi connectivity index (χ2v) is 12.1. The van der Waals surface area contributed by atoms with Gasteiger partial charge in [-0.15, -0.1) is 0 Å². The Morgan fingerprint density at radius 2 is 1.43 bits per heavy atom. The van der Waals surface area contributed by atoms with Crippen LogP contribution in [0.15, 0.2) is 12.2 Å². The summed E-state index contributed by atoms with van der Waals surface area (Å²) in [7, 11) is 0. The minimum atomic E-state index is -2.51. The van der Waals surface area contributed by atoms with Crippen LogP contribution in [-0.2, 0) is 57.2 Å². The molecule has 1 fully saturated rings. The lowest BCUT2D eigenvalue weighted by Crippen LogP contribution is -2.62. The van der Waals surface area contributed by atoms with Crippen LogP contribution in [0.4, 0.5) is 0 Å². The van der Waals surface area contributed by atoms with Gasteiger partial charge in [0.05, 0.1) is 51.8 Å². The second kappa shape index (κ2) is 23.7. The largest absolute Gasteiger partial charge is 0.477 e. The average molecular weight is 763 g/mol. The molecule has 6 atom stereocenters. The number of carbonyl (C=O) groups excluding carboxylic acids is 6. The molecule has 2 heterocycles. The quantitative estimate of drug-likeness (QED) is 0.0288. The molecule has 21 nitrogen and oxygen atoms in total. The van der Waals surface area contributed by atoms with Crippen LogP contribution in [0, 0.1) is 5.92 Å². The number of carboxylic acid groups (broad SMARTS) is 1. The number of nitrogens with zero attached hydrogens (tertiary/aromatic N) is 1. The maximum absolute atomic E-state index is 12.1. The summed E-state index contributed by atoms with van der Waals surface area (Å²) < 4.78 is 26.7. The van der Waals surface area contributed by atoms with Crippen molar-refractivity contribution in [3.63, 3.8) is 0 Å². The zero-order chi connectivity index (χ0) is 39.4. The topological polar surface area (TPSA) is 306 Å². The number of imide groups is 1. The van der Waals surface area contributed by atoms with E-state index in [0.717, 1.165) is 4.90 Å². The number of aliphatic carboxylic acids is 1. The minimum absolute atomic E-state index is 0.154. The van der Waals surface area contributed by atoms with Gasteiger partial charge in [-0.25, -0.2) is 4.79 Å². The van der Waals surface area contributed by atoms with Gasteiger partial charge in [0.25, 0.3) is 17.6 Å². The van der Waals surface area contributed by atoms with Gasteiger partial charge >= 0.3 is 5.97 Å². The third kappa shape index (κ3) is 15.9. The first-order valence-electron chi connectivity index (χ1n) is 17.0. The van der Waals surface area contributed by atoms with Crippen LogP contribution in [0.1, 0.15) is 32.6 Å². The minimum Gasteiger partial charge on any atom is -0.477 e. The molecule has 8 N–H and O–H groups in total. The molecule has 5 amide bonds. The number of aliphatic hydroxyl groups excluding tert-OH is 4. The summed E-state index contributed by atoms with van der Waals surface area (Å²) in [6.07, 6.45) is -4.80. The van der Waals surface area contributed by atoms with E-state index in [4.69, 9.17) is 23.7 Å². The molecule has 0 spiro atoms. The van der Waals surface area contributed by atoms with Crippen molar-refractivity contribution in [1.82, 2.24) is 20.9 Å². The second-order valence-electron chi connectivity index (χ2n) is 12.1. The predicted octanol–water partition coefficient (Wildman–Crippen LogP) is -4.65. The number of carbonyl (C=O) groups is 7. The maximum Gasteiger partial charge on any atom is 0.364 e. The molecule has 0 aromatic carbocycles. The smallest absolute Gasteiger partial charge is 0.364 e. The number of ketones is 1. The van der Waals surface area contributed by atoms with Crippen molar-refractivity contribution in [3.05, 3.63) is 12.2 Å². The third-order valence-corrected chi connectivity index (χ3v) is 7.91. The molecule has 2 rings (SSSR count). The molecule has 0 saturated carbocycles. The van der Waals surface area contributed by atoms with E-state index in [0.29, 0.717) is 6.42 Å². The monoisotopic (exact) mass is 762 g/mol. The molecular weight excluding hydrogens is 712 g/mol. The Labute approximate surface area is 304 Å². The van der Waals surface area contributed by atoms with Gasteiger partial charge in [0, 0.05) is 63.5 Å². The molecule has 2 aliphatic rings. The van der Waals surface area contributed by atoms with Crippen LogP contribution in [0.2, 0.25) is 0 Å². The van der Waals surface area contributed by atoms with E-state index >= 15 is 0 Å². The lowest BCUT2D eigenvalue weighted by Gasteiger charge is -2.46. The SMILES string of the molecule is CC(=O)CC1C(O)CC(OCCNC(=O)COCC(=O)NCCOCCOCCNC(=O)CCCN2C(=O)C=CC2=O)(C(=O)O)OC1C(O)C(O)CO. The lowest BCUT2D eigenvalue weighted by atomic mass is 9.80. The van der Waals surface area contributed by atoms with Gasteiger partial charge in [0.1, 0.15) is 31.2 Å². The number of hydrogen-bond donors (Lipinski definition) is 8. The summed E-state index contributed by atoms with van der Waals surface area (Å²) >= 11 is 0. The predicted molar refractivity (Wildman–Crippen MR) is 176 cm³/mol. The number of Topliss-reactive ketones (excluding diaryl/α,β-unsaturated/α-hetero) is 1. The van der Waals surface area contributed by atoms with Crippen LogP contribution in [0.25, 0.3) is 0 Å².